The summed E-state index contributed by atoms with van der Waals surface area (Å²) in [7, 11) is 1.54. The van der Waals surface area contributed by atoms with Crippen LogP contribution in [0, 0.1) is 30.0 Å². The molecule has 2 aliphatic carbocycles. The minimum Gasteiger partial charge on any atom is -0.487 e. The Labute approximate surface area is 200 Å². The highest BCUT2D eigenvalue weighted by Crippen LogP contribution is 2.52. The number of carbonyl (C=O) groups is 1. The van der Waals surface area contributed by atoms with Gasteiger partial charge in [0.25, 0.3) is 11.9 Å². The summed E-state index contributed by atoms with van der Waals surface area (Å²) >= 11 is 0. The predicted octanol–water partition coefficient (Wildman–Crippen LogP) is 5.32. The summed E-state index contributed by atoms with van der Waals surface area (Å²) in [6.07, 6.45) is 5.57. The molecule has 0 bridgehead atoms. The molecule has 2 saturated carbocycles. The maximum atomic E-state index is 14.9. The lowest BCUT2D eigenvalue weighted by Crippen LogP contribution is -2.56. The SMILES string of the molecule is CCC1(CC)CN(c2nc(C(=O)Nc3cc(C)c(OC4CC5CC5C4)c(F)c3)c(COC)o2)C1. The maximum Gasteiger partial charge on any atom is 0.298 e. The molecule has 7 nitrogen and oxygen atoms in total. The molecule has 1 N–H and O–H groups in total. The average molecular weight is 472 g/mol. The molecule has 2 unspecified atom stereocenters. The zero-order valence-electron chi connectivity index (χ0n) is 20.4. The highest BCUT2D eigenvalue weighted by molar-refractivity contribution is 6.03. The Bertz CT molecular complexity index is 1040. The van der Waals surface area contributed by atoms with Crippen LogP contribution in [0.25, 0.3) is 0 Å². The number of nitrogens with one attached hydrogen (secondary N) is 1. The van der Waals surface area contributed by atoms with Crippen molar-refractivity contribution in [2.45, 2.75) is 65.6 Å². The zero-order valence-corrected chi connectivity index (χ0v) is 20.4. The molecule has 8 heteroatoms. The van der Waals surface area contributed by atoms with Gasteiger partial charge in [-0.2, -0.15) is 4.98 Å². The van der Waals surface area contributed by atoms with Crippen LogP contribution in [0.5, 0.6) is 5.75 Å². The number of nitrogens with zero attached hydrogens (tertiary/aromatic N) is 2. The number of oxazole rings is 1. The third-order valence-corrected chi connectivity index (χ3v) is 7.97. The number of aromatic nitrogens is 1. The molecule has 1 amide bonds. The van der Waals surface area contributed by atoms with Gasteiger partial charge < -0.3 is 24.1 Å². The number of halogens is 1. The van der Waals surface area contributed by atoms with Crippen LogP contribution in [-0.2, 0) is 11.3 Å². The van der Waals surface area contributed by atoms with Crippen molar-refractivity contribution in [1.29, 1.82) is 0 Å². The fraction of sp³-hybridized carbons (Fsp3) is 0.615. The van der Waals surface area contributed by atoms with Crippen LogP contribution in [-0.4, -0.2) is 37.2 Å². The first-order valence-electron chi connectivity index (χ1n) is 12.4. The molecular weight excluding hydrogens is 437 g/mol. The first kappa shape index (κ1) is 23.1. The Morgan fingerprint density at radius 3 is 2.56 bits per heavy atom. The minimum atomic E-state index is -0.468. The van der Waals surface area contributed by atoms with Crippen molar-refractivity contribution in [2.24, 2.45) is 17.3 Å². The van der Waals surface area contributed by atoms with Crippen LogP contribution in [0.2, 0.25) is 0 Å². The average Bonchev–Trinajstić information content (AvgIpc) is 3.18. The van der Waals surface area contributed by atoms with Crippen molar-refractivity contribution in [3.63, 3.8) is 0 Å². The topological polar surface area (TPSA) is 76.8 Å². The second-order valence-electron chi connectivity index (χ2n) is 10.3. The van der Waals surface area contributed by atoms with E-state index in [0.717, 1.165) is 50.6 Å². The molecule has 0 radical (unpaired) electrons. The molecule has 1 aromatic carbocycles. The predicted molar refractivity (Wildman–Crippen MR) is 127 cm³/mol. The molecule has 0 spiro atoms. The molecule has 2 heterocycles. The fourth-order valence-electron chi connectivity index (χ4n) is 5.54. The van der Waals surface area contributed by atoms with Gasteiger partial charge in [0, 0.05) is 37.4 Å². The summed E-state index contributed by atoms with van der Waals surface area (Å²) in [4.78, 5) is 19.6. The Hall–Kier alpha value is -2.61. The normalized spacial score (nSPS) is 24.5. The van der Waals surface area contributed by atoms with E-state index in [0.29, 0.717) is 23.0 Å². The number of anilines is 2. The van der Waals surface area contributed by atoms with Crippen LogP contribution < -0.4 is 15.0 Å². The van der Waals surface area contributed by atoms with E-state index in [-0.39, 0.29) is 29.6 Å². The van der Waals surface area contributed by atoms with E-state index in [1.807, 2.05) is 4.90 Å². The summed E-state index contributed by atoms with van der Waals surface area (Å²) in [5, 5.41) is 2.77. The Morgan fingerprint density at radius 2 is 1.94 bits per heavy atom. The molecule has 1 aliphatic heterocycles. The number of rotatable bonds is 9. The van der Waals surface area contributed by atoms with Crippen molar-refractivity contribution >= 4 is 17.6 Å². The van der Waals surface area contributed by atoms with Crippen LogP contribution in [0.4, 0.5) is 16.1 Å². The van der Waals surface area contributed by atoms with Crippen molar-refractivity contribution in [3.05, 3.63) is 35.0 Å². The lowest BCUT2D eigenvalue weighted by molar-refractivity contribution is 0.101. The van der Waals surface area contributed by atoms with Crippen LogP contribution in [0.3, 0.4) is 0 Å². The number of hydrogen-bond donors (Lipinski definition) is 1. The molecule has 3 aliphatic rings. The molecule has 5 rings (SSSR count). The number of benzene rings is 1. The van der Waals surface area contributed by atoms with Gasteiger partial charge in [0.1, 0.15) is 6.61 Å². The number of carbonyl (C=O) groups excluding carboxylic acids is 1. The number of aryl methyl sites for hydroxylation is 1. The molecule has 2 atom stereocenters. The first-order valence-corrected chi connectivity index (χ1v) is 12.4. The standard InChI is InChI=1S/C26H34FN3O4/c1-5-26(6-2)13-30(14-26)25-29-22(21(34-25)12-32-4)24(31)28-18-7-15(3)23(20(27)11-18)33-19-9-16-8-17(16)10-19/h7,11,16-17,19H,5-6,8-10,12-14H2,1-4H3,(H,28,31). The summed E-state index contributed by atoms with van der Waals surface area (Å²) in [6.45, 7) is 8.01. The van der Waals surface area contributed by atoms with Crippen LogP contribution in [0.15, 0.2) is 16.5 Å². The van der Waals surface area contributed by atoms with Gasteiger partial charge in [-0.15, -0.1) is 0 Å². The van der Waals surface area contributed by atoms with Gasteiger partial charge >= 0.3 is 0 Å². The summed E-state index contributed by atoms with van der Waals surface area (Å²) in [5.41, 5.74) is 1.45. The number of fused-ring (bicyclic) bond motifs is 1. The zero-order chi connectivity index (χ0) is 24.0. The lowest BCUT2D eigenvalue weighted by atomic mass is 9.75. The third kappa shape index (κ3) is 4.28. The lowest BCUT2D eigenvalue weighted by Gasteiger charge is -2.48. The molecule has 1 saturated heterocycles. The van der Waals surface area contributed by atoms with E-state index in [1.165, 1.54) is 19.6 Å². The Morgan fingerprint density at radius 1 is 1.24 bits per heavy atom. The number of amides is 1. The highest BCUT2D eigenvalue weighted by atomic mass is 19.1. The van der Waals surface area contributed by atoms with E-state index in [9.17, 15) is 9.18 Å². The summed E-state index contributed by atoms with van der Waals surface area (Å²) in [5.74, 6) is 1.24. The van der Waals surface area contributed by atoms with Crippen molar-refractivity contribution in [2.75, 3.05) is 30.4 Å². The van der Waals surface area contributed by atoms with Gasteiger partial charge in [-0.3, -0.25) is 4.79 Å². The second-order valence-corrected chi connectivity index (χ2v) is 10.3. The third-order valence-electron chi connectivity index (χ3n) is 7.97. The van der Waals surface area contributed by atoms with E-state index < -0.39 is 11.7 Å². The van der Waals surface area contributed by atoms with E-state index in [4.69, 9.17) is 13.9 Å². The van der Waals surface area contributed by atoms with Gasteiger partial charge in [0.2, 0.25) is 0 Å². The van der Waals surface area contributed by atoms with Crippen LogP contribution >= 0.6 is 0 Å². The number of methoxy groups -OCH3 is 1. The Kier molecular flexibility index (Phi) is 6.04. The largest absolute Gasteiger partial charge is 0.487 e. The molecule has 2 aromatic rings. The molecule has 34 heavy (non-hydrogen) atoms. The van der Waals surface area contributed by atoms with Gasteiger partial charge in [-0.1, -0.05) is 13.8 Å². The van der Waals surface area contributed by atoms with Gasteiger partial charge in [-0.05, 0) is 62.5 Å². The van der Waals surface area contributed by atoms with Crippen molar-refractivity contribution in [3.8, 4) is 5.75 Å². The smallest absolute Gasteiger partial charge is 0.298 e. The Balaban J connectivity index is 1.29. The second kappa shape index (κ2) is 8.87. The molecule has 1 aromatic heterocycles. The van der Waals surface area contributed by atoms with Gasteiger partial charge in [0.05, 0.1) is 6.10 Å². The fourth-order valence-corrected chi connectivity index (χ4v) is 5.54. The minimum absolute atomic E-state index is 0.0863. The molecule has 3 fully saturated rings. The monoisotopic (exact) mass is 471 g/mol. The molecular formula is C26H34FN3O4. The van der Waals surface area contributed by atoms with E-state index in [1.54, 1.807) is 13.0 Å². The number of ether oxygens (including phenoxy) is 2. The van der Waals surface area contributed by atoms with E-state index in [2.05, 4.69) is 24.1 Å². The highest BCUT2D eigenvalue weighted by Gasteiger charge is 2.47. The van der Waals surface area contributed by atoms with E-state index >= 15 is 0 Å². The first-order chi connectivity index (χ1) is 16.3. The quantitative estimate of drug-likeness (QED) is 0.533. The van der Waals surface area contributed by atoms with Crippen LogP contribution in [0.1, 0.15) is 67.8 Å². The summed E-state index contributed by atoms with van der Waals surface area (Å²) < 4.78 is 32.0. The van der Waals surface area contributed by atoms with Crippen molar-refractivity contribution < 1.29 is 23.1 Å². The molecule has 184 valence electrons. The maximum absolute atomic E-state index is 14.9. The van der Waals surface area contributed by atoms with Gasteiger partial charge in [0.15, 0.2) is 23.0 Å². The summed E-state index contributed by atoms with van der Waals surface area (Å²) in [6, 6.07) is 3.46. The van der Waals surface area contributed by atoms with Gasteiger partial charge in [-0.25, -0.2) is 4.39 Å². The van der Waals surface area contributed by atoms with Crippen molar-refractivity contribution in [1.82, 2.24) is 4.98 Å². The number of hydrogen-bond acceptors (Lipinski definition) is 6.